The lowest BCUT2D eigenvalue weighted by atomic mass is 10.2. The molecule has 1 fully saturated rings. The number of amidine groups is 1. The van der Waals surface area contributed by atoms with Crippen molar-refractivity contribution >= 4 is 51.7 Å². The van der Waals surface area contributed by atoms with Crippen LogP contribution in [-0.2, 0) is 16.1 Å². The fourth-order valence-corrected chi connectivity index (χ4v) is 4.71. The lowest BCUT2D eigenvalue weighted by Gasteiger charge is -2.16. The van der Waals surface area contributed by atoms with Gasteiger partial charge in [-0.3, -0.25) is 19.5 Å². The Hall–Kier alpha value is -3.36. The topological polar surface area (TPSA) is 83.9 Å². The zero-order valence-corrected chi connectivity index (χ0v) is 20.1. The second kappa shape index (κ2) is 11.2. The molecule has 0 bridgehead atoms. The van der Waals surface area contributed by atoms with Crippen LogP contribution in [0.1, 0.15) is 19.0 Å². The molecule has 1 aliphatic heterocycles. The summed E-state index contributed by atoms with van der Waals surface area (Å²) >= 11 is 7.27. The van der Waals surface area contributed by atoms with Gasteiger partial charge in [-0.1, -0.05) is 35.5 Å². The summed E-state index contributed by atoms with van der Waals surface area (Å²) in [5.74, 6) is 0.303. The van der Waals surface area contributed by atoms with Crippen molar-refractivity contribution in [2.75, 3.05) is 11.9 Å². The largest absolute Gasteiger partial charge is 0.494 e. The number of pyridine rings is 1. The Balaban J connectivity index is 1.53. The van der Waals surface area contributed by atoms with Crippen LogP contribution in [0.15, 0.2) is 77.9 Å². The van der Waals surface area contributed by atoms with Gasteiger partial charge in [0.15, 0.2) is 5.17 Å². The standard InChI is InChI=1S/C25H23ClN4O3S/c1-2-33-21-11-9-18(10-12-21)29-25-30(16-20-7-3-4-13-27-20)24(32)22(34-25)15-23(31)28-19-8-5-6-17(26)14-19/h3-14,22H,2,15-16H2,1H3,(H,28,31). The summed E-state index contributed by atoms with van der Waals surface area (Å²) in [5.41, 5.74) is 2.01. The number of nitrogens with one attached hydrogen (secondary N) is 1. The van der Waals surface area contributed by atoms with E-state index in [9.17, 15) is 9.59 Å². The average Bonchev–Trinajstić information content (AvgIpc) is 3.10. The van der Waals surface area contributed by atoms with Crippen LogP contribution in [0, 0.1) is 0 Å². The molecule has 2 heterocycles. The van der Waals surface area contributed by atoms with Crippen LogP contribution < -0.4 is 10.1 Å². The minimum absolute atomic E-state index is 0.0109. The fourth-order valence-electron chi connectivity index (χ4n) is 3.36. The zero-order valence-electron chi connectivity index (χ0n) is 18.5. The van der Waals surface area contributed by atoms with E-state index < -0.39 is 5.25 Å². The predicted octanol–water partition coefficient (Wildman–Crippen LogP) is 5.29. The molecule has 7 nitrogen and oxygen atoms in total. The van der Waals surface area contributed by atoms with Gasteiger partial charge in [-0.05, 0) is 61.5 Å². The van der Waals surface area contributed by atoms with Gasteiger partial charge >= 0.3 is 0 Å². The number of aromatic nitrogens is 1. The van der Waals surface area contributed by atoms with Crippen LogP contribution in [-0.4, -0.2) is 38.7 Å². The number of carbonyl (C=O) groups is 2. The van der Waals surface area contributed by atoms with Gasteiger partial charge in [0.2, 0.25) is 11.8 Å². The number of amides is 2. The first kappa shape index (κ1) is 23.8. The Bertz CT molecular complexity index is 1190. The molecule has 4 rings (SSSR count). The molecule has 0 saturated carbocycles. The Kier molecular flexibility index (Phi) is 7.82. The smallest absolute Gasteiger partial charge is 0.243 e. The molecule has 174 valence electrons. The van der Waals surface area contributed by atoms with E-state index in [0.717, 1.165) is 11.4 Å². The van der Waals surface area contributed by atoms with E-state index in [1.165, 1.54) is 11.8 Å². The van der Waals surface area contributed by atoms with E-state index in [0.29, 0.717) is 28.2 Å². The third-order valence-electron chi connectivity index (χ3n) is 4.92. The van der Waals surface area contributed by atoms with Gasteiger partial charge in [-0.15, -0.1) is 0 Å². The minimum Gasteiger partial charge on any atom is -0.494 e. The molecule has 1 unspecified atom stereocenters. The van der Waals surface area contributed by atoms with E-state index in [1.807, 2.05) is 49.4 Å². The number of anilines is 1. The van der Waals surface area contributed by atoms with E-state index in [4.69, 9.17) is 21.3 Å². The number of halogens is 1. The van der Waals surface area contributed by atoms with Crippen molar-refractivity contribution in [1.82, 2.24) is 9.88 Å². The molecule has 0 spiro atoms. The SMILES string of the molecule is CCOc1ccc(N=C2SC(CC(=O)Nc3cccc(Cl)c3)C(=O)N2Cc2ccccn2)cc1. The second-order valence-corrected chi connectivity index (χ2v) is 9.04. The maximum absolute atomic E-state index is 13.3. The van der Waals surface area contributed by atoms with Gasteiger partial charge < -0.3 is 10.1 Å². The van der Waals surface area contributed by atoms with Gasteiger partial charge in [0.05, 0.1) is 24.5 Å². The number of rotatable bonds is 8. The third-order valence-corrected chi connectivity index (χ3v) is 6.33. The van der Waals surface area contributed by atoms with E-state index in [1.54, 1.807) is 35.4 Å². The number of hydrogen-bond donors (Lipinski definition) is 1. The quantitative estimate of drug-likeness (QED) is 0.459. The molecule has 0 aliphatic carbocycles. The zero-order chi connectivity index (χ0) is 23.9. The molecule has 1 N–H and O–H groups in total. The molecule has 1 aliphatic rings. The number of aliphatic imine (C=N–C) groups is 1. The summed E-state index contributed by atoms with van der Waals surface area (Å²) < 4.78 is 5.49. The van der Waals surface area contributed by atoms with Crippen LogP contribution in [0.25, 0.3) is 0 Å². The van der Waals surface area contributed by atoms with Crippen molar-refractivity contribution < 1.29 is 14.3 Å². The van der Waals surface area contributed by atoms with Crippen LogP contribution in [0.3, 0.4) is 0 Å². The first-order valence-electron chi connectivity index (χ1n) is 10.8. The van der Waals surface area contributed by atoms with Gasteiger partial charge in [-0.25, -0.2) is 4.99 Å². The monoisotopic (exact) mass is 494 g/mol. The Morgan fingerprint density at radius 1 is 1.18 bits per heavy atom. The first-order chi connectivity index (χ1) is 16.5. The van der Waals surface area contributed by atoms with Crippen LogP contribution in [0.4, 0.5) is 11.4 Å². The molecule has 0 radical (unpaired) electrons. The number of carbonyl (C=O) groups excluding carboxylic acids is 2. The van der Waals surface area contributed by atoms with Crippen LogP contribution >= 0.6 is 23.4 Å². The van der Waals surface area contributed by atoms with Crippen molar-refractivity contribution in [2.45, 2.75) is 25.1 Å². The van der Waals surface area contributed by atoms with Crippen molar-refractivity contribution in [3.8, 4) is 5.75 Å². The summed E-state index contributed by atoms with van der Waals surface area (Å²) in [4.78, 5) is 36.5. The van der Waals surface area contributed by atoms with Gasteiger partial charge in [-0.2, -0.15) is 0 Å². The highest BCUT2D eigenvalue weighted by Gasteiger charge is 2.39. The van der Waals surface area contributed by atoms with Crippen molar-refractivity contribution in [3.05, 3.63) is 83.6 Å². The highest BCUT2D eigenvalue weighted by molar-refractivity contribution is 8.15. The summed E-state index contributed by atoms with van der Waals surface area (Å²) in [6.07, 6.45) is 1.69. The van der Waals surface area contributed by atoms with Gasteiger partial charge in [0, 0.05) is 23.3 Å². The number of hydrogen-bond acceptors (Lipinski definition) is 6. The number of nitrogens with zero attached hydrogens (tertiary/aromatic N) is 3. The van der Waals surface area contributed by atoms with Crippen molar-refractivity contribution in [3.63, 3.8) is 0 Å². The minimum atomic E-state index is -0.593. The van der Waals surface area contributed by atoms with Gasteiger partial charge in [0.1, 0.15) is 11.0 Å². The predicted molar refractivity (Wildman–Crippen MR) is 136 cm³/mol. The molecule has 3 aromatic rings. The maximum atomic E-state index is 13.3. The summed E-state index contributed by atoms with van der Waals surface area (Å²) in [6, 6.07) is 19.8. The Morgan fingerprint density at radius 2 is 2.00 bits per heavy atom. The Morgan fingerprint density at radius 3 is 2.71 bits per heavy atom. The number of ether oxygens (including phenoxy) is 1. The molecule has 2 aromatic carbocycles. The molecule has 1 saturated heterocycles. The Labute approximate surface area is 207 Å². The lowest BCUT2D eigenvalue weighted by Crippen LogP contribution is -2.33. The molecule has 2 amide bonds. The molecular weight excluding hydrogens is 472 g/mol. The van der Waals surface area contributed by atoms with Crippen LogP contribution in [0.2, 0.25) is 5.02 Å². The first-order valence-corrected chi connectivity index (χ1v) is 12.0. The normalized spacial score (nSPS) is 16.6. The highest BCUT2D eigenvalue weighted by Crippen LogP contribution is 2.33. The molecular formula is C25H23ClN4O3S. The third kappa shape index (κ3) is 6.15. The second-order valence-electron chi connectivity index (χ2n) is 7.44. The molecule has 1 atom stereocenters. The lowest BCUT2D eigenvalue weighted by molar-refractivity contribution is -0.128. The summed E-state index contributed by atoms with van der Waals surface area (Å²) in [5, 5.41) is 3.26. The van der Waals surface area contributed by atoms with Crippen molar-refractivity contribution in [2.24, 2.45) is 4.99 Å². The van der Waals surface area contributed by atoms with E-state index in [-0.39, 0.29) is 24.8 Å². The highest BCUT2D eigenvalue weighted by atomic mass is 35.5. The number of thioether (sulfide) groups is 1. The van der Waals surface area contributed by atoms with E-state index >= 15 is 0 Å². The van der Waals surface area contributed by atoms with Gasteiger partial charge in [0.25, 0.3) is 0 Å². The average molecular weight is 495 g/mol. The summed E-state index contributed by atoms with van der Waals surface area (Å²) in [6.45, 7) is 2.77. The van der Waals surface area contributed by atoms with Crippen molar-refractivity contribution in [1.29, 1.82) is 0 Å². The fraction of sp³-hybridized carbons (Fsp3) is 0.200. The molecule has 34 heavy (non-hydrogen) atoms. The summed E-state index contributed by atoms with van der Waals surface area (Å²) in [7, 11) is 0. The molecule has 9 heteroatoms. The van der Waals surface area contributed by atoms with Crippen LogP contribution in [0.5, 0.6) is 5.75 Å². The maximum Gasteiger partial charge on any atom is 0.243 e. The molecule has 1 aromatic heterocycles. The van der Waals surface area contributed by atoms with E-state index in [2.05, 4.69) is 10.3 Å². The number of benzene rings is 2.